The van der Waals surface area contributed by atoms with Crippen LogP contribution in [-0.2, 0) is 13.0 Å². The van der Waals surface area contributed by atoms with Crippen LogP contribution in [0.2, 0.25) is 10.0 Å². The van der Waals surface area contributed by atoms with Crippen LogP contribution in [0, 0.1) is 0 Å². The Bertz CT molecular complexity index is 655. The summed E-state index contributed by atoms with van der Waals surface area (Å²) in [6, 6.07) is 12.3. The van der Waals surface area contributed by atoms with E-state index >= 15 is 0 Å². The van der Waals surface area contributed by atoms with Gasteiger partial charge in [-0.3, -0.25) is 0 Å². The van der Waals surface area contributed by atoms with E-state index in [0.717, 1.165) is 25.2 Å². The summed E-state index contributed by atoms with van der Waals surface area (Å²) in [7, 11) is 2.15. The van der Waals surface area contributed by atoms with Crippen molar-refractivity contribution < 1.29 is 0 Å². The van der Waals surface area contributed by atoms with E-state index in [-0.39, 0.29) is 0 Å². The van der Waals surface area contributed by atoms with Crippen molar-refractivity contribution in [2.24, 2.45) is 0 Å². The van der Waals surface area contributed by atoms with Crippen molar-refractivity contribution in [1.29, 1.82) is 0 Å². The van der Waals surface area contributed by atoms with Crippen LogP contribution in [0.5, 0.6) is 0 Å². The van der Waals surface area contributed by atoms with E-state index in [1.807, 2.05) is 12.1 Å². The van der Waals surface area contributed by atoms with Gasteiger partial charge in [0.15, 0.2) is 0 Å². The van der Waals surface area contributed by atoms with E-state index in [1.165, 1.54) is 23.2 Å². The summed E-state index contributed by atoms with van der Waals surface area (Å²) in [5.74, 6) is 0. The second-order valence-corrected chi connectivity index (χ2v) is 6.23. The molecule has 1 heterocycles. The molecule has 0 spiro atoms. The van der Waals surface area contributed by atoms with Crippen LogP contribution in [0.25, 0.3) is 0 Å². The van der Waals surface area contributed by atoms with Gasteiger partial charge in [0.25, 0.3) is 0 Å². The first kappa shape index (κ1) is 14.6. The molecule has 0 fully saturated rings. The first-order valence-corrected chi connectivity index (χ1v) is 7.91. The lowest BCUT2D eigenvalue weighted by molar-refractivity contribution is 0.743. The van der Waals surface area contributed by atoms with Gasteiger partial charge < -0.3 is 10.2 Å². The SMILES string of the molecule is CN1CCCc2cc(CNc3cccc(Cl)c3Cl)ccc21. The summed E-state index contributed by atoms with van der Waals surface area (Å²) >= 11 is 12.2. The van der Waals surface area contributed by atoms with E-state index in [0.29, 0.717) is 10.0 Å². The second kappa shape index (κ2) is 6.17. The summed E-state index contributed by atoms with van der Waals surface area (Å²) in [6.45, 7) is 1.89. The van der Waals surface area contributed by atoms with Crippen molar-refractivity contribution in [1.82, 2.24) is 0 Å². The molecule has 21 heavy (non-hydrogen) atoms. The molecule has 1 N–H and O–H groups in total. The zero-order valence-corrected chi connectivity index (χ0v) is 13.5. The Hall–Kier alpha value is -1.38. The quantitative estimate of drug-likeness (QED) is 0.857. The van der Waals surface area contributed by atoms with Gasteiger partial charge in [-0.15, -0.1) is 0 Å². The number of hydrogen-bond donors (Lipinski definition) is 1. The molecule has 0 aromatic heterocycles. The molecule has 2 aromatic carbocycles. The number of nitrogens with one attached hydrogen (secondary N) is 1. The topological polar surface area (TPSA) is 15.3 Å². The minimum atomic E-state index is 0.578. The minimum absolute atomic E-state index is 0.578. The average molecular weight is 321 g/mol. The van der Waals surface area contributed by atoms with Crippen molar-refractivity contribution in [3.63, 3.8) is 0 Å². The maximum atomic E-state index is 6.19. The minimum Gasteiger partial charge on any atom is -0.380 e. The second-order valence-electron chi connectivity index (χ2n) is 5.44. The first-order valence-electron chi connectivity index (χ1n) is 7.16. The molecular weight excluding hydrogens is 303 g/mol. The van der Waals surface area contributed by atoms with Gasteiger partial charge in [0.05, 0.1) is 15.7 Å². The van der Waals surface area contributed by atoms with Crippen LogP contribution in [0.3, 0.4) is 0 Å². The zero-order valence-electron chi connectivity index (χ0n) is 12.0. The fourth-order valence-electron chi connectivity index (χ4n) is 2.79. The third-order valence-corrected chi connectivity index (χ3v) is 4.75. The first-order chi connectivity index (χ1) is 10.1. The third-order valence-electron chi connectivity index (χ3n) is 3.93. The Morgan fingerprint density at radius 3 is 2.90 bits per heavy atom. The number of benzene rings is 2. The maximum Gasteiger partial charge on any atom is 0.0823 e. The van der Waals surface area contributed by atoms with Gasteiger partial charge >= 0.3 is 0 Å². The van der Waals surface area contributed by atoms with Gasteiger partial charge in [-0.2, -0.15) is 0 Å². The van der Waals surface area contributed by atoms with Gasteiger partial charge in [0, 0.05) is 25.8 Å². The highest BCUT2D eigenvalue weighted by Gasteiger charge is 2.13. The van der Waals surface area contributed by atoms with E-state index in [1.54, 1.807) is 6.07 Å². The predicted molar refractivity (Wildman–Crippen MR) is 91.8 cm³/mol. The van der Waals surface area contributed by atoms with Crippen LogP contribution in [0.1, 0.15) is 17.5 Å². The number of fused-ring (bicyclic) bond motifs is 1. The Morgan fingerprint density at radius 1 is 1.19 bits per heavy atom. The molecule has 1 aliphatic heterocycles. The molecule has 0 saturated carbocycles. The largest absolute Gasteiger partial charge is 0.380 e. The number of anilines is 2. The van der Waals surface area contributed by atoms with E-state index < -0.39 is 0 Å². The Labute approximate surface area is 135 Å². The molecule has 0 aliphatic carbocycles. The summed E-state index contributed by atoms with van der Waals surface area (Å²) in [6.07, 6.45) is 2.38. The van der Waals surface area contributed by atoms with E-state index in [9.17, 15) is 0 Å². The Kier molecular flexibility index (Phi) is 4.27. The van der Waals surface area contributed by atoms with Crippen LogP contribution in [0.15, 0.2) is 36.4 Å². The van der Waals surface area contributed by atoms with E-state index in [4.69, 9.17) is 23.2 Å². The molecule has 0 amide bonds. The predicted octanol–water partition coefficient (Wildman–Crippen LogP) is 4.99. The van der Waals surface area contributed by atoms with Crippen molar-refractivity contribution in [3.8, 4) is 0 Å². The van der Waals surface area contributed by atoms with Crippen molar-refractivity contribution in [3.05, 3.63) is 57.6 Å². The molecule has 1 aliphatic rings. The highest BCUT2D eigenvalue weighted by atomic mass is 35.5. The molecule has 0 radical (unpaired) electrons. The van der Waals surface area contributed by atoms with Gasteiger partial charge in [-0.25, -0.2) is 0 Å². The molecule has 4 heteroatoms. The summed E-state index contributed by atoms with van der Waals surface area (Å²) in [4.78, 5) is 2.32. The third kappa shape index (κ3) is 3.12. The monoisotopic (exact) mass is 320 g/mol. The van der Waals surface area contributed by atoms with E-state index in [2.05, 4.69) is 35.5 Å². The molecule has 3 rings (SSSR count). The van der Waals surface area contributed by atoms with Crippen molar-refractivity contribution in [2.45, 2.75) is 19.4 Å². The van der Waals surface area contributed by atoms with Gasteiger partial charge in [-0.1, -0.05) is 41.4 Å². The number of nitrogens with zero attached hydrogens (tertiary/aromatic N) is 1. The molecule has 0 atom stereocenters. The van der Waals surface area contributed by atoms with Crippen molar-refractivity contribution >= 4 is 34.6 Å². The average Bonchev–Trinajstić information content (AvgIpc) is 2.49. The van der Waals surface area contributed by atoms with Gasteiger partial charge in [0.2, 0.25) is 0 Å². The van der Waals surface area contributed by atoms with Gasteiger partial charge in [0.1, 0.15) is 0 Å². The lowest BCUT2D eigenvalue weighted by Gasteiger charge is -2.28. The molecule has 110 valence electrons. The van der Waals surface area contributed by atoms with Gasteiger partial charge in [-0.05, 0) is 42.2 Å². The van der Waals surface area contributed by atoms with Crippen LogP contribution in [0.4, 0.5) is 11.4 Å². The number of rotatable bonds is 3. The Balaban J connectivity index is 1.75. The highest BCUT2D eigenvalue weighted by Crippen LogP contribution is 2.31. The van der Waals surface area contributed by atoms with Crippen LogP contribution >= 0.6 is 23.2 Å². The summed E-state index contributed by atoms with van der Waals surface area (Å²) in [5, 5.41) is 4.52. The Morgan fingerprint density at radius 2 is 2.05 bits per heavy atom. The summed E-state index contributed by atoms with van der Waals surface area (Å²) in [5.41, 5.74) is 4.92. The molecule has 0 bridgehead atoms. The molecular formula is C17H18Cl2N2. The smallest absolute Gasteiger partial charge is 0.0823 e. The standard InChI is InChI=1S/C17H18Cl2N2/c1-21-9-3-4-13-10-12(7-8-16(13)21)11-20-15-6-2-5-14(18)17(15)19/h2,5-8,10,20H,3-4,9,11H2,1H3. The molecule has 2 nitrogen and oxygen atoms in total. The normalized spacial score (nSPS) is 14.0. The number of aryl methyl sites for hydroxylation is 1. The van der Waals surface area contributed by atoms with Crippen LogP contribution in [-0.4, -0.2) is 13.6 Å². The summed E-state index contributed by atoms with van der Waals surface area (Å²) < 4.78 is 0. The molecule has 2 aromatic rings. The van der Waals surface area contributed by atoms with Crippen LogP contribution < -0.4 is 10.2 Å². The highest BCUT2D eigenvalue weighted by molar-refractivity contribution is 6.43. The fraction of sp³-hybridized carbons (Fsp3) is 0.294. The molecule has 0 unspecified atom stereocenters. The van der Waals surface area contributed by atoms with Crippen molar-refractivity contribution in [2.75, 3.05) is 23.8 Å². The number of halogens is 2. The molecule has 0 saturated heterocycles. The fourth-order valence-corrected chi connectivity index (χ4v) is 3.15. The maximum absolute atomic E-state index is 6.19. The zero-order chi connectivity index (χ0) is 14.8. The number of hydrogen-bond acceptors (Lipinski definition) is 2. The lowest BCUT2D eigenvalue weighted by Crippen LogP contribution is -2.24. The lowest BCUT2D eigenvalue weighted by atomic mass is 9.99.